The van der Waals surface area contributed by atoms with Crippen LogP contribution in [0.25, 0.3) is 5.78 Å². The Labute approximate surface area is 141 Å². The van der Waals surface area contributed by atoms with Crippen LogP contribution in [0.3, 0.4) is 0 Å². The average Bonchev–Trinajstić information content (AvgIpc) is 3.05. The van der Waals surface area contributed by atoms with E-state index in [0.29, 0.717) is 5.78 Å². The van der Waals surface area contributed by atoms with E-state index in [2.05, 4.69) is 68.2 Å². The van der Waals surface area contributed by atoms with E-state index in [4.69, 9.17) is 0 Å². The van der Waals surface area contributed by atoms with E-state index in [9.17, 15) is 0 Å². The largest absolute Gasteiger partial charge is 0.368 e. The summed E-state index contributed by atoms with van der Waals surface area (Å²) in [5.74, 6) is 2.64. The molecule has 0 aliphatic carbocycles. The molecule has 1 aliphatic rings. The first-order chi connectivity index (χ1) is 11.7. The van der Waals surface area contributed by atoms with Crippen LogP contribution in [0.1, 0.15) is 18.4 Å². The Hall–Kier alpha value is -2.63. The van der Waals surface area contributed by atoms with Gasteiger partial charge in [-0.1, -0.05) is 25.1 Å². The van der Waals surface area contributed by atoms with Crippen LogP contribution in [0.5, 0.6) is 0 Å². The van der Waals surface area contributed by atoms with E-state index in [1.807, 2.05) is 11.4 Å². The van der Waals surface area contributed by atoms with Gasteiger partial charge in [-0.2, -0.15) is 9.50 Å². The second-order valence-electron chi connectivity index (χ2n) is 6.16. The molecule has 124 valence electrons. The molecule has 4 rings (SSSR count). The van der Waals surface area contributed by atoms with Crippen molar-refractivity contribution in [1.82, 2.24) is 19.6 Å². The maximum absolute atomic E-state index is 4.61. The smallest absolute Gasteiger partial charge is 0.254 e. The van der Waals surface area contributed by atoms with Crippen LogP contribution >= 0.6 is 0 Å². The third-order valence-electron chi connectivity index (χ3n) is 4.51. The Morgan fingerprint density at radius 2 is 1.67 bits per heavy atom. The standard InChI is InChI=1S/C18H22N6/c1-3-16-20-18-19-14(2)13-17(24(18)21-16)23-11-9-22(10-12-23)15-7-5-4-6-8-15/h4-8,13H,3,9-12H2,1-2H3. The fourth-order valence-electron chi connectivity index (χ4n) is 3.22. The van der Waals surface area contributed by atoms with Crippen molar-refractivity contribution in [2.45, 2.75) is 20.3 Å². The number of hydrogen-bond donors (Lipinski definition) is 0. The normalized spacial score (nSPS) is 15.2. The van der Waals surface area contributed by atoms with Gasteiger partial charge in [0.2, 0.25) is 0 Å². The van der Waals surface area contributed by atoms with E-state index in [1.165, 1.54) is 5.69 Å². The van der Waals surface area contributed by atoms with E-state index in [0.717, 1.165) is 49.9 Å². The van der Waals surface area contributed by atoms with Crippen LogP contribution in [-0.4, -0.2) is 45.8 Å². The third kappa shape index (κ3) is 2.68. The number of para-hydroxylation sites is 1. The molecule has 3 aromatic rings. The molecule has 0 bridgehead atoms. The Morgan fingerprint density at radius 1 is 0.958 bits per heavy atom. The van der Waals surface area contributed by atoms with Crippen LogP contribution in [0.2, 0.25) is 0 Å². The van der Waals surface area contributed by atoms with Gasteiger partial charge in [0.05, 0.1) is 0 Å². The van der Waals surface area contributed by atoms with E-state index in [-0.39, 0.29) is 0 Å². The van der Waals surface area contributed by atoms with Gasteiger partial charge in [0, 0.05) is 50.0 Å². The first-order valence-electron chi connectivity index (χ1n) is 8.53. The van der Waals surface area contributed by atoms with Crippen molar-refractivity contribution in [2.24, 2.45) is 0 Å². The molecule has 1 saturated heterocycles. The minimum absolute atomic E-state index is 0.701. The lowest BCUT2D eigenvalue weighted by Gasteiger charge is -2.37. The van der Waals surface area contributed by atoms with Gasteiger partial charge in [0.15, 0.2) is 5.82 Å². The highest BCUT2D eigenvalue weighted by atomic mass is 15.4. The summed E-state index contributed by atoms with van der Waals surface area (Å²) < 4.78 is 1.89. The summed E-state index contributed by atoms with van der Waals surface area (Å²) in [6, 6.07) is 12.7. The maximum atomic E-state index is 4.61. The van der Waals surface area contributed by atoms with Crippen molar-refractivity contribution in [1.29, 1.82) is 0 Å². The Kier molecular flexibility index (Phi) is 3.80. The van der Waals surface area contributed by atoms with Gasteiger partial charge in [-0.05, 0) is 19.1 Å². The first-order valence-corrected chi connectivity index (χ1v) is 8.53. The third-order valence-corrected chi connectivity index (χ3v) is 4.51. The highest BCUT2D eigenvalue weighted by Gasteiger charge is 2.21. The molecule has 0 saturated carbocycles. The minimum atomic E-state index is 0.701. The molecule has 1 aromatic carbocycles. The average molecular weight is 322 g/mol. The Morgan fingerprint density at radius 3 is 2.38 bits per heavy atom. The summed E-state index contributed by atoms with van der Waals surface area (Å²) in [6.45, 7) is 8.03. The number of rotatable bonds is 3. The number of nitrogens with zero attached hydrogens (tertiary/aromatic N) is 6. The minimum Gasteiger partial charge on any atom is -0.368 e. The molecule has 0 N–H and O–H groups in total. The number of aryl methyl sites for hydroxylation is 2. The van der Waals surface area contributed by atoms with Crippen LogP contribution in [-0.2, 0) is 6.42 Å². The van der Waals surface area contributed by atoms with Gasteiger partial charge in [0.1, 0.15) is 5.82 Å². The predicted molar refractivity (Wildman–Crippen MR) is 95.8 cm³/mol. The van der Waals surface area contributed by atoms with Crippen molar-refractivity contribution >= 4 is 17.3 Å². The van der Waals surface area contributed by atoms with Gasteiger partial charge >= 0.3 is 0 Å². The summed E-state index contributed by atoms with van der Waals surface area (Å²) in [7, 11) is 0. The zero-order valence-electron chi connectivity index (χ0n) is 14.2. The van der Waals surface area contributed by atoms with Gasteiger partial charge in [-0.3, -0.25) is 0 Å². The predicted octanol–water partition coefficient (Wildman–Crippen LogP) is 2.32. The molecule has 0 radical (unpaired) electrons. The van der Waals surface area contributed by atoms with E-state index < -0.39 is 0 Å². The molecule has 6 heteroatoms. The molecule has 1 fully saturated rings. The number of anilines is 2. The lowest BCUT2D eigenvalue weighted by atomic mass is 10.2. The van der Waals surface area contributed by atoms with Crippen molar-refractivity contribution in [3.05, 3.63) is 47.9 Å². The number of piperazine rings is 1. The number of fused-ring (bicyclic) bond motifs is 1. The van der Waals surface area contributed by atoms with Gasteiger partial charge < -0.3 is 9.80 Å². The van der Waals surface area contributed by atoms with Crippen LogP contribution in [0.4, 0.5) is 11.5 Å². The molecular formula is C18H22N6. The Bertz CT molecular complexity index is 833. The van der Waals surface area contributed by atoms with Gasteiger partial charge in [-0.15, -0.1) is 5.10 Å². The van der Waals surface area contributed by atoms with Crippen LogP contribution < -0.4 is 9.80 Å². The topological polar surface area (TPSA) is 49.6 Å². The van der Waals surface area contributed by atoms with Crippen LogP contribution in [0, 0.1) is 6.92 Å². The maximum Gasteiger partial charge on any atom is 0.254 e. The number of aromatic nitrogens is 4. The summed E-state index contributed by atoms with van der Waals surface area (Å²) in [4.78, 5) is 13.8. The molecule has 3 heterocycles. The van der Waals surface area contributed by atoms with E-state index in [1.54, 1.807) is 0 Å². The summed E-state index contributed by atoms with van der Waals surface area (Å²) >= 11 is 0. The zero-order valence-corrected chi connectivity index (χ0v) is 14.2. The molecule has 2 aromatic heterocycles. The molecular weight excluding hydrogens is 300 g/mol. The number of benzene rings is 1. The highest BCUT2D eigenvalue weighted by Crippen LogP contribution is 2.21. The first kappa shape index (κ1) is 14.9. The SMILES string of the molecule is CCc1nc2nc(C)cc(N3CCN(c4ccccc4)CC3)n2n1. The molecule has 1 aliphatic heterocycles. The molecule has 0 unspecified atom stereocenters. The second-order valence-corrected chi connectivity index (χ2v) is 6.16. The van der Waals surface area contributed by atoms with E-state index >= 15 is 0 Å². The summed E-state index contributed by atoms with van der Waals surface area (Å²) in [5.41, 5.74) is 2.28. The quantitative estimate of drug-likeness (QED) is 0.741. The molecule has 0 spiro atoms. The molecule has 24 heavy (non-hydrogen) atoms. The number of hydrogen-bond acceptors (Lipinski definition) is 5. The van der Waals surface area contributed by atoms with Crippen molar-refractivity contribution in [3.63, 3.8) is 0 Å². The fraction of sp³-hybridized carbons (Fsp3) is 0.389. The van der Waals surface area contributed by atoms with Crippen LogP contribution in [0.15, 0.2) is 36.4 Å². The van der Waals surface area contributed by atoms with Crippen molar-refractivity contribution < 1.29 is 0 Å². The highest BCUT2D eigenvalue weighted by molar-refractivity contribution is 5.51. The summed E-state index contributed by atoms with van der Waals surface area (Å²) in [6.07, 6.45) is 0.823. The summed E-state index contributed by atoms with van der Waals surface area (Å²) in [5, 5.41) is 4.61. The lowest BCUT2D eigenvalue weighted by Crippen LogP contribution is -2.47. The monoisotopic (exact) mass is 322 g/mol. The van der Waals surface area contributed by atoms with Crippen molar-refractivity contribution in [2.75, 3.05) is 36.0 Å². The molecule has 0 amide bonds. The fourth-order valence-corrected chi connectivity index (χ4v) is 3.22. The second kappa shape index (κ2) is 6.11. The van der Waals surface area contributed by atoms with Crippen molar-refractivity contribution in [3.8, 4) is 0 Å². The Balaban J connectivity index is 1.59. The van der Waals surface area contributed by atoms with Gasteiger partial charge in [-0.25, -0.2) is 4.98 Å². The lowest BCUT2D eigenvalue weighted by molar-refractivity contribution is 0.637. The zero-order chi connectivity index (χ0) is 16.5. The molecule has 6 nitrogen and oxygen atoms in total. The van der Waals surface area contributed by atoms with Gasteiger partial charge in [0.25, 0.3) is 5.78 Å². The molecule has 0 atom stereocenters.